The number of nitrogens with one attached hydrogen (secondary N) is 2. The van der Waals surface area contributed by atoms with Crippen molar-refractivity contribution in [2.75, 3.05) is 12.4 Å². The van der Waals surface area contributed by atoms with E-state index in [1.54, 1.807) is 19.2 Å². The zero-order valence-corrected chi connectivity index (χ0v) is 10.9. The van der Waals surface area contributed by atoms with Gasteiger partial charge >= 0.3 is 0 Å². The van der Waals surface area contributed by atoms with Crippen LogP contribution in [-0.4, -0.2) is 23.2 Å². The molecule has 0 aromatic heterocycles. The van der Waals surface area contributed by atoms with Gasteiger partial charge in [-0.25, -0.2) is 0 Å². The second-order valence-corrected chi connectivity index (χ2v) is 4.05. The van der Waals surface area contributed by atoms with Crippen molar-refractivity contribution in [2.24, 2.45) is 10.7 Å². The van der Waals surface area contributed by atoms with Gasteiger partial charge in [-0.1, -0.05) is 0 Å². The van der Waals surface area contributed by atoms with Crippen molar-refractivity contribution < 1.29 is 5.11 Å². The Morgan fingerprint density at radius 3 is 2.35 bits per heavy atom. The summed E-state index contributed by atoms with van der Waals surface area (Å²) in [6.07, 6.45) is 0. The van der Waals surface area contributed by atoms with E-state index in [1.807, 2.05) is 13.8 Å². The summed E-state index contributed by atoms with van der Waals surface area (Å²) in [7, 11) is 1.57. The minimum absolute atomic E-state index is 0.235. The van der Waals surface area contributed by atoms with Gasteiger partial charge in [0.25, 0.3) is 0 Å². The zero-order chi connectivity index (χ0) is 13.0. The van der Waals surface area contributed by atoms with Crippen LogP contribution in [0.5, 0.6) is 5.75 Å². The number of phenolic OH excluding ortho intramolecular Hbond substituents is 1. The molecule has 0 saturated carbocycles. The van der Waals surface area contributed by atoms with Crippen LogP contribution in [0.2, 0.25) is 0 Å². The Kier molecular flexibility index (Phi) is 4.28. The van der Waals surface area contributed by atoms with Gasteiger partial charge in [-0.3, -0.25) is 4.99 Å². The number of rotatable bonds is 1. The first-order chi connectivity index (χ1) is 7.93. The number of thiocarbonyl (C=S) groups is 1. The summed E-state index contributed by atoms with van der Waals surface area (Å²) in [5.74, 6) is 0.482. The molecule has 5 nitrogen and oxygen atoms in total. The molecule has 1 aromatic rings. The van der Waals surface area contributed by atoms with E-state index in [0.717, 1.165) is 16.8 Å². The van der Waals surface area contributed by atoms with E-state index in [9.17, 15) is 5.11 Å². The summed E-state index contributed by atoms with van der Waals surface area (Å²) in [6, 6.07) is 3.32. The fraction of sp³-hybridized carbons (Fsp3) is 0.273. The molecule has 0 spiro atoms. The highest BCUT2D eigenvalue weighted by molar-refractivity contribution is 7.80. The van der Waals surface area contributed by atoms with E-state index in [2.05, 4.69) is 15.6 Å². The molecular weight excluding hydrogens is 236 g/mol. The summed E-state index contributed by atoms with van der Waals surface area (Å²) in [4.78, 5) is 3.74. The number of aliphatic imine (C=N–C) groups is 1. The molecule has 0 unspecified atom stereocenters. The molecule has 0 saturated heterocycles. The van der Waals surface area contributed by atoms with Crippen molar-refractivity contribution in [3.63, 3.8) is 0 Å². The Bertz CT molecular complexity index is 448. The lowest BCUT2D eigenvalue weighted by atomic mass is 10.1. The standard InChI is InChI=1S/C11H16N4OS/c1-6-4-8(16)5-7(2)9(6)14-11(17)15-10(12)13-3/h4-5,16H,1-3H3,(H4,12,13,14,15,17). The zero-order valence-electron chi connectivity index (χ0n) is 10.0. The Balaban J connectivity index is 2.85. The number of hydrogen-bond donors (Lipinski definition) is 4. The first-order valence-electron chi connectivity index (χ1n) is 5.04. The van der Waals surface area contributed by atoms with Gasteiger partial charge in [0.15, 0.2) is 11.1 Å². The molecule has 0 fully saturated rings. The number of phenols is 1. The van der Waals surface area contributed by atoms with Crippen LogP contribution >= 0.6 is 12.2 Å². The van der Waals surface area contributed by atoms with Crippen molar-refractivity contribution >= 4 is 29.0 Å². The number of hydrogen-bond acceptors (Lipinski definition) is 3. The third-order valence-corrected chi connectivity index (χ3v) is 2.44. The smallest absolute Gasteiger partial charge is 0.194 e. The maximum Gasteiger partial charge on any atom is 0.194 e. The number of nitrogens with two attached hydrogens (primary N) is 1. The Labute approximate surface area is 106 Å². The third kappa shape index (κ3) is 3.60. The van der Waals surface area contributed by atoms with E-state index in [-0.39, 0.29) is 11.7 Å². The first-order valence-corrected chi connectivity index (χ1v) is 5.45. The molecular formula is C11H16N4OS. The molecule has 5 N–H and O–H groups in total. The first kappa shape index (κ1) is 13.2. The number of benzene rings is 1. The van der Waals surface area contributed by atoms with Gasteiger partial charge in [0.2, 0.25) is 0 Å². The van der Waals surface area contributed by atoms with E-state index >= 15 is 0 Å². The Hall–Kier alpha value is -1.82. The normalized spacial score (nSPS) is 11.1. The molecule has 17 heavy (non-hydrogen) atoms. The van der Waals surface area contributed by atoms with Crippen molar-refractivity contribution in [1.29, 1.82) is 0 Å². The Morgan fingerprint density at radius 2 is 1.88 bits per heavy atom. The van der Waals surface area contributed by atoms with Crippen LogP contribution in [0.25, 0.3) is 0 Å². The molecule has 0 radical (unpaired) electrons. The average molecular weight is 252 g/mol. The van der Waals surface area contributed by atoms with E-state index < -0.39 is 0 Å². The third-order valence-electron chi connectivity index (χ3n) is 2.24. The highest BCUT2D eigenvalue weighted by Gasteiger charge is 2.06. The molecule has 6 heteroatoms. The second kappa shape index (κ2) is 5.49. The summed E-state index contributed by atoms with van der Waals surface area (Å²) < 4.78 is 0. The molecule has 0 bridgehead atoms. The maximum absolute atomic E-state index is 9.42. The van der Waals surface area contributed by atoms with Gasteiger partial charge in [0, 0.05) is 12.7 Å². The van der Waals surface area contributed by atoms with E-state index in [4.69, 9.17) is 18.0 Å². The molecule has 0 aliphatic heterocycles. The van der Waals surface area contributed by atoms with Crippen LogP contribution in [-0.2, 0) is 0 Å². The molecule has 0 atom stereocenters. The van der Waals surface area contributed by atoms with Crippen LogP contribution < -0.4 is 16.4 Å². The van der Waals surface area contributed by atoms with Crippen LogP contribution in [0.4, 0.5) is 5.69 Å². The highest BCUT2D eigenvalue weighted by atomic mass is 32.1. The van der Waals surface area contributed by atoms with Crippen LogP contribution in [0.1, 0.15) is 11.1 Å². The minimum Gasteiger partial charge on any atom is -0.508 e. The van der Waals surface area contributed by atoms with E-state index in [1.165, 1.54) is 0 Å². The lowest BCUT2D eigenvalue weighted by molar-refractivity contribution is 0.474. The fourth-order valence-electron chi connectivity index (χ4n) is 1.45. The molecule has 1 aromatic carbocycles. The number of nitrogens with zero attached hydrogens (tertiary/aromatic N) is 1. The Morgan fingerprint density at radius 1 is 1.35 bits per heavy atom. The SMILES string of the molecule is CN=C(N)NC(=S)Nc1c(C)cc(O)cc1C. The lowest BCUT2D eigenvalue weighted by Gasteiger charge is -2.14. The fourth-order valence-corrected chi connectivity index (χ4v) is 1.66. The summed E-state index contributed by atoms with van der Waals surface area (Å²) >= 11 is 5.09. The monoisotopic (exact) mass is 252 g/mol. The predicted octanol–water partition coefficient (Wildman–Crippen LogP) is 1.24. The largest absolute Gasteiger partial charge is 0.508 e. The van der Waals surface area contributed by atoms with Crippen molar-refractivity contribution in [3.8, 4) is 5.75 Å². The lowest BCUT2D eigenvalue weighted by Crippen LogP contribution is -2.39. The van der Waals surface area contributed by atoms with Crippen LogP contribution in [0.3, 0.4) is 0 Å². The quantitative estimate of drug-likeness (QED) is 0.262. The van der Waals surface area contributed by atoms with Crippen molar-refractivity contribution in [2.45, 2.75) is 13.8 Å². The number of anilines is 1. The molecule has 0 amide bonds. The molecule has 0 heterocycles. The van der Waals surface area contributed by atoms with E-state index in [0.29, 0.717) is 5.11 Å². The van der Waals surface area contributed by atoms with Gasteiger partial charge in [-0.05, 0) is 49.3 Å². The maximum atomic E-state index is 9.42. The minimum atomic E-state index is 0.235. The second-order valence-electron chi connectivity index (χ2n) is 3.64. The highest BCUT2D eigenvalue weighted by Crippen LogP contribution is 2.25. The molecule has 92 valence electrons. The number of aryl methyl sites for hydroxylation is 2. The van der Waals surface area contributed by atoms with Gasteiger partial charge in [-0.15, -0.1) is 0 Å². The number of aromatic hydroxyl groups is 1. The molecule has 1 rings (SSSR count). The van der Waals surface area contributed by atoms with Crippen LogP contribution in [0.15, 0.2) is 17.1 Å². The van der Waals surface area contributed by atoms with Gasteiger partial charge in [0.1, 0.15) is 5.75 Å². The average Bonchev–Trinajstić information content (AvgIpc) is 2.23. The molecule has 0 aliphatic carbocycles. The van der Waals surface area contributed by atoms with Crippen molar-refractivity contribution in [1.82, 2.24) is 5.32 Å². The van der Waals surface area contributed by atoms with Gasteiger partial charge in [-0.2, -0.15) is 0 Å². The molecule has 0 aliphatic rings. The number of guanidine groups is 1. The van der Waals surface area contributed by atoms with Crippen LogP contribution in [0, 0.1) is 13.8 Å². The van der Waals surface area contributed by atoms with Crippen molar-refractivity contribution in [3.05, 3.63) is 23.3 Å². The van der Waals surface area contributed by atoms with Gasteiger partial charge in [0.05, 0.1) is 0 Å². The summed E-state index contributed by atoms with van der Waals surface area (Å²) in [6.45, 7) is 3.77. The van der Waals surface area contributed by atoms with Gasteiger partial charge < -0.3 is 21.5 Å². The summed E-state index contributed by atoms with van der Waals surface area (Å²) in [5, 5.41) is 15.5. The summed E-state index contributed by atoms with van der Waals surface area (Å²) in [5.41, 5.74) is 8.15. The topological polar surface area (TPSA) is 82.7 Å². The predicted molar refractivity (Wildman–Crippen MR) is 74.5 cm³/mol.